The summed E-state index contributed by atoms with van der Waals surface area (Å²) in [6.07, 6.45) is 3.56. The third-order valence-electron chi connectivity index (χ3n) is 4.43. The molecule has 3 atom stereocenters. The number of H-pyrrole nitrogens is 1. The number of aliphatic hydroxyl groups excluding tert-OH is 1. The van der Waals surface area contributed by atoms with E-state index < -0.39 is 0 Å². The molecule has 4 rings (SSSR count). The molecule has 0 saturated carbocycles. The van der Waals surface area contributed by atoms with Gasteiger partial charge in [0.25, 0.3) is 0 Å². The number of benzene rings is 1. The van der Waals surface area contributed by atoms with Crippen molar-refractivity contribution < 1.29 is 37.8 Å². The van der Waals surface area contributed by atoms with Crippen LogP contribution in [0.3, 0.4) is 0 Å². The molecule has 2 N–H and O–H groups in total. The molecule has 2 aliphatic rings. The maximum Gasteiger partial charge on any atom is 0.0592 e. The van der Waals surface area contributed by atoms with Gasteiger partial charge in [-0.25, -0.2) is 0 Å². The summed E-state index contributed by atoms with van der Waals surface area (Å²) in [5.41, 5.74) is 2.39. The number of aryl methyl sites for hydroxylation is 1. The minimum absolute atomic E-state index is 0. The van der Waals surface area contributed by atoms with Gasteiger partial charge < -0.3 is 15.0 Å². The van der Waals surface area contributed by atoms with E-state index in [2.05, 4.69) is 28.9 Å². The number of aromatic amines is 1. The molecule has 21 heavy (non-hydrogen) atoms. The van der Waals surface area contributed by atoms with Gasteiger partial charge in [0.1, 0.15) is 0 Å². The number of aliphatic hydroxyl groups is 1. The Morgan fingerprint density at radius 1 is 1.33 bits per heavy atom. The zero-order chi connectivity index (χ0) is 13.9. The molecule has 0 amide bonds. The smallest absolute Gasteiger partial charge is 0.0592 e. The zero-order valence-electron chi connectivity index (χ0n) is 12.7. The molecule has 3 nitrogen and oxygen atoms in total. The normalized spacial score (nSPS) is 27.4. The van der Waals surface area contributed by atoms with Crippen molar-refractivity contribution >= 4 is 10.9 Å². The molecule has 111 valence electrons. The van der Waals surface area contributed by atoms with Gasteiger partial charge in [0, 0.05) is 45.8 Å². The van der Waals surface area contributed by atoms with Crippen LogP contribution in [0.1, 0.15) is 25.0 Å². The summed E-state index contributed by atoms with van der Waals surface area (Å²) in [7, 11) is 0. The van der Waals surface area contributed by atoms with E-state index in [9.17, 15) is 5.11 Å². The molecule has 3 heterocycles. The van der Waals surface area contributed by atoms with Gasteiger partial charge in [-0.2, -0.15) is 18.2 Å². The Kier molecular flexibility index (Phi) is 6.42. The number of hydrogen-bond acceptors (Lipinski definition) is 2. The molecule has 2 unspecified atom stereocenters. The number of hydrogen-bond donors (Lipinski definition) is 2. The molecule has 2 fully saturated rings. The van der Waals surface area contributed by atoms with Crippen LogP contribution in [0.5, 0.6) is 0 Å². The van der Waals surface area contributed by atoms with Crippen LogP contribution >= 0.6 is 0 Å². The van der Waals surface area contributed by atoms with Gasteiger partial charge in [0.05, 0.1) is 6.10 Å². The molecular weight excluding hydrogens is 337 g/mol. The number of rotatable bonds is 0. The van der Waals surface area contributed by atoms with Gasteiger partial charge in [-0.15, -0.1) is 11.5 Å². The van der Waals surface area contributed by atoms with Crippen molar-refractivity contribution in [3.05, 3.63) is 36.0 Å². The van der Waals surface area contributed by atoms with Crippen molar-refractivity contribution in [2.45, 2.75) is 32.3 Å². The van der Waals surface area contributed by atoms with Crippen LogP contribution in [0, 0.1) is 18.9 Å². The molecule has 1 aromatic heterocycles. The Morgan fingerprint density at radius 2 is 2.19 bits per heavy atom. The van der Waals surface area contributed by atoms with Crippen molar-refractivity contribution in [1.82, 2.24) is 9.88 Å². The topological polar surface area (TPSA) is 39.3 Å². The predicted molar refractivity (Wildman–Crippen MR) is 81.7 cm³/mol. The minimum Gasteiger partial charge on any atom is -0.393 e. The van der Waals surface area contributed by atoms with Crippen LogP contribution in [0.4, 0.5) is 0 Å². The molecule has 0 aliphatic carbocycles. The molecule has 1 aromatic carbocycles. The second kappa shape index (κ2) is 7.87. The van der Waals surface area contributed by atoms with Crippen molar-refractivity contribution in [1.29, 1.82) is 0 Å². The molecular formula is C17H23N2OY-. The molecule has 2 aliphatic heterocycles. The molecule has 2 aromatic rings. The van der Waals surface area contributed by atoms with Crippen LogP contribution in [0.2, 0.25) is 0 Å². The number of nitrogens with one attached hydrogen (secondary N) is 1. The first-order valence-electron chi connectivity index (χ1n) is 7.58. The van der Waals surface area contributed by atoms with Gasteiger partial charge >= 0.3 is 0 Å². The van der Waals surface area contributed by atoms with E-state index in [0.29, 0.717) is 5.92 Å². The average Bonchev–Trinajstić information content (AvgIpc) is 2.84. The van der Waals surface area contributed by atoms with Crippen molar-refractivity contribution in [2.75, 3.05) is 19.6 Å². The van der Waals surface area contributed by atoms with Crippen LogP contribution in [0.25, 0.3) is 10.9 Å². The second-order valence-electron chi connectivity index (χ2n) is 6.02. The van der Waals surface area contributed by atoms with Gasteiger partial charge in [-0.05, 0) is 44.3 Å². The third-order valence-corrected chi connectivity index (χ3v) is 4.43. The van der Waals surface area contributed by atoms with Crippen LogP contribution in [0.15, 0.2) is 24.3 Å². The molecule has 0 spiro atoms. The summed E-state index contributed by atoms with van der Waals surface area (Å²) in [6.45, 7) is 5.60. The maximum absolute atomic E-state index is 9.49. The third kappa shape index (κ3) is 4.38. The summed E-state index contributed by atoms with van der Waals surface area (Å²) in [4.78, 5) is 5.71. The standard InChI is InChI=1S/C9H8N.C8H15NO.Y/c1-7-6-8-4-2-3-5-9(8)10-7;10-8-3-5-9-4-1-2-7(8)6-9;/h3-6,10H,1H3;7-8,10H,1-6H2;/q-1;;/t;7-,8?;/m.1./s1. The fraction of sp³-hybridized carbons (Fsp3) is 0.529. The van der Waals surface area contributed by atoms with E-state index in [0.717, 1.165) is 19.5 Å². The molecule has 1 radical (unpaired) electrons. The van der Waals surface area contributed by atoms with Gasteiger partial charge in [0.2, 0.25) is 0 Å². The monoisotopic (exact) mass is 360 g/mol. The Bertz CT molecular complexity index is 534. The summed E-state index contributed by atoms with van der Waals surface area (Å²) in [5.74, 6) is 0.600. The summed E-state index contributed by atoms with van der Waals surface area (Å²) >= 11 is 0. The van der Waals surface area contributed by atoms with Crippen LogP contribution in [-0.4, -0.2) is 40.7 Å². The largest absolute Gasteiger partial charge is 0.393 e. The fourth-order valence-electron chi connectivity index (χ4n) is 3.32. The van der Waals surface area contributed by atoms with E-state index in [1.165, 1.54) is 36.0 Å². The van der Waals surface area contributed by atoms with Gasteiger partial charge in [-0.3, -0.25) is 0 Å². The summed E-state index contributed by atoms with van der Waals surface area (Å²) in [6, 6.07) is 11.1. The summed E-state index contributed by atoms with van der Waals surface area (Å²) in [5, 5.41) is 10.7. The molecule has 2 saturated heterocycles. The summed E-state index contributed by atoms with van der Waals surface area (Å²) < 4.78 is 0. The molecule has 2 bridgehead atoms. The quantitative estimate of drug-likeness (QED) is 0.710. The molecule has 4 heteroatoms. The van der Waals surface area contributed by atoms with Crippen molar-refractivity contribution in [2.24, 2.45) is 5.92 Å². The first-order valence-corrected chi connectivity index (χ1v) is 7.58. The van der Waals surface area contributed by atoms with E-state index >= 15 is 0 Å². The van der Waals surface area contributed by atoms with Gasteiger partial charge in [0.15, 0.2) is 0 Å². The Labute approximate surface area is 152 Å². The number of fused-ring (bicyclic) bond motifs is 3. The predicted octanol–water partition coefficient (Wildman–Crippen LogP) is 2.74. The van der Waals surface area contributed by atoms with E-state index in [1.807, 2.05) is 18.2 Å². The first kappa shape index (κ1) is 17.1. The SMILES string of the molecule is Cc1cc2c[c-]ccc2[nH]1.OC1CCN2CCC[C@@H]1C2.[Y]. The van der Waals surface area contributed by atoms with E-state index in [1.54, 1.807) is 0 Å². The number of aromatic nitrogens is 1. The average molecular weight is 360 g/mol. The van der Waals surface area contributed by atoms with Crippen molar-refractivity contribution in [3.8, 4) is 0 Å². The Hall–Kier alpha value is -0.216. The van der Waals surface area contributed by atoms with Crippen LogP contribution < -0.4 is 0 Å². The first-order chi connectivity index (χ1) is 9.72. The fourth-order valence-corrected chi connectivity index (χ4v) is 3.32. The Morgan fingerprint density at radius 3 is 2.95 bits per heavy atom. The minimum atomic E-state index is 0. The van der Waals surface area contributed by atoms with E-state index in [4.69, 9.17) is 0 Å². The number of nitrogens with zero attached hydrogens (tertiary/aromatic N) is 1. The van der Waals surface area contributed by atoms with Crippen molar-refractivity contribution in [3.63, 3.8) is 0 Å². The van der Waals surface area contributed by atoms with E-state index in [-0.39, 0.29) is 38.8 Å². The Balaban J connectivity index is 0.000000147. The van der Waals surface area contributed by atoms with Gasteiger partial charge in [-0.1, -0.05) is 11.6 Å². The second-order valence-corrected chi connectivity index (χ2v) is 6.02. The zero-order valence-corrected chi connectivity index (χ0v) is 15.5. The number of piperidine rings is 2. The van der Waals surface area contributed by atoms with Crippen LogP contribution in [-0.2, 0) is 32.7 Å². The maximum atomic E-state index is 9.49.